The van der Waals surface area contributed by atoms with Gasteiger partial charge in [-0.05, 0) is 51.8 Å². The van der Waals surface area contributed by atoms with Crippen LogP contribution >= 0.6 is 0 Å². The number of nitrogen functional groups attached to an aromatic ring is 1. The van der Waals surface area contributed by atoms with Crippen molar-refractivity contribution in [1.29, 1.82) is 0 Å². The van der Waals surface area contributed by atoms with Crippen molar-refractivity contribution < 1.29 is 14.3 Å². The zero-order chi connectivity index (χ0) is 20.3. The molecule has 4 N–H and O–H groups in total. The molecule has 152 valence electrons. The van der Waals surface area contributed by atoms with E-state index in [0.717, 1.165) is 42.3 Å². The van der Waals surface area contributed by atoms with Gasteiger partial charge < -0.3 is 25.8 Å². The number of nitrogens with one attached hydrogen (secondary N) is 2. The molecular weight excluding hydrogens is 358 g/mol. The first kappa shape index (κ1) is 20.0. The highest BCUT2D eigenvalue weighted by Gasteiger charge is 2.29. The Hall–Kier alpha value is -2.77. The molecule has 1 aliphatic carbocycles. The van der Waals surface area contributed by atoms with Crippen molar-refractivity contribution in [2.45, 2.75) is 64.1 Å². The minimum Gasteiger partial charge on any atom is -0.497 e. The summed E-state index contributed by atoms with van der Waals surface area (Å²) in [7, 11) is 1.62. The van der Waals surface area contributed by atoms with Crippen LogP contribution in [0.2, 0.25) is 0 Å². The fourth-order valence-electron chi connectivity index (χ4n) is 3.47. The molecule has 2 aromatic rings. The number of hydrogen-bond acceptors (Lipinski definition) is 7. The van der Waals surface area contributed by atoms with Crippen LogP contribution in [-0.4, -0.2) is 40.9 Å². The average molecular weight is 387 g/mol. The highest BCUT2D eigenvalue weighted by Crippen LogP contribution is 2.29. The van der Waals surface area contributed by atoms with Gasteiger partial charge in [0.05, 0.1) is 18.7 Å². The van der Waals surface area contributed by atoms with Crippen LogP contribution in [0.1, 0.15) is 46.5 Å². The second-order valence-corrected chi connectivity index (χ2v) is 8.10. The summed E-state index contributed by atoms with van der Waals surface area (Å²) in [5, 5.41) is 7.31. The summed E-state index contributed by atoms with van der Waals surface area (Å²) in [6.07, 6.45) is 3.51. The van der Waals surface area contributed by atoms with Crippen molar-refractivity contribution in [1.82, 2.24) is 15.3 Å². The zero-order valence-corrected chi connectivity index (χ0v) is 16.9. The lowest BCUT2D eigenvalue weighted by atomic mass is 9.90. The van der Waals surface area contributed by atoms with Crippen molar-refractivity contribution in [2.75, 3.05) is 18.2 Å². The zero-order valence-electron chi connectivity index (χ0n) is 16.9. The number of nitrogens with two attached hydrogens (primary N) is 1. The van der Waals surface area contributed by atoms with Gasteiger partial charge in [-0.1, -0.05) is 12.8 Å². The minimum atomic E-state index is -0.532. The van der Waals surface area contributed by atoms with Crippen LogP contribution < -0.4 is 21.1 Å². The SMILES string of the molecule is COc1ccc2nc(N)nc(NC3CCCCC3NC(=O)OC(C)(C)C)c2c1. The standard InChI is InChI=1S/C20H29N5O3/c1-20(2,3)28-19(26)24-16-8-6-5-7-15(16)22-17-13-11-12(27-4)9-10-14(13)23-18(21)25-17/h9-11,15-16H,5-8H2,1-4H3,(H,24,26)(H3,21,22,23,25). The number of benzene rings is 1. The molecule has 0 radical (unpaired) electrons. The molecule has 1 aromatic heterocycles. The fraction of sp³-hybridized carbons (Fsp3) is 0.550. The van der Waals surface area contributed by atoms with E-state index in [1.807, 2.05) is 39.0 Å². The van der Waals surface area contributed by atoms with Crippen LogP contribution in [0.5, 0.6) is 5.75 Å². The number of carbonyl (C=O) groups is 1. The largest absolute Gasteiger partial charge is 0.497 e. The van der Waals surface area contributed by atoms with Crippen molar-refractivity contribution in [3.8, 4) is 5.75 Å². The predicted octanol–water partition coefficient (Wildman–Crippen LogP) is 3.47. The van der Waals surface area contributed by atoms with Crippen molar-refractivity contribution in [2.24, 2.45) is 0 Å². The summed E-state index contributed by atoms with van der Waals surface area (Å²) in [4.78, 5) is 20.9. The summed E-state index contributed by atoms with van der Waals surface area (Å²) in [6, 6.07) is 5.54. The highest BCUT2D eigenvalue weighted by atomic mass is 16.6. The number of hydrogen-bond donors (Lipinski definition) is 3. The molecule has 0 spiro atoms. The van der Waals surface area contributed by atoms with Gasteiger partial charge in [0, 0.05) is 11.4 Å². The molecule has 1 heterocycles. The molecule has 2 atom stereocenters. The minimum absolute atomic E-state index is 0.0185. The molecule has 3 rings (SSSR count). The van der Waals surface area contributed by atoms with E-state index < -0.39 is 11.7 Å². The van der Waals surface area contributed by atoms with Gasteiger partial charge in [-0.15, -0.1) is 0 Å². The first-order valence-corrected chi connectivity index (χ1v) is 9.62. The normalized spacial score (nSPS) is 19.9. The molecule has 0 aliphatic heterocycles. The number of methoxy groups -OCH3 is 1. The maximum absolute atomic E-state index is 12.3. The van der Waals surface area contributed by atoms with Crippen molar-refractivity contribution >= 4 is 28.8 Å². The second-order valence-electron chi connectivity index (χ2n) is 8.10. The lowest BCUT2D eigenvalue weighted by Crippen LogP contribution is -2.49. The van der Waals surface area contributed by atoms with E-state index in [4.69, 9.17) is 15.2 Å². The Kier molecular flexibility index (Phi) is 5.76. The van der Waals surface area contributed by atoms with Gasteiger partial charge in [0.2, 0.25) is 5.95 Å². The van der Waals surface area contributed by atoms with Crippen LogP contribution in [0, 0.1) is 0 Å². The van der Waals surface area contributed by atoms with Crippen LogP contribution in [0.3, 0.4) is 0 Å². The summed E-state index contributed by atoms with van der Waals surface area (Å²) >= 11 is 0. The maximum atomic E-state index is 12.3. The first-order valence-electron chi connectivity index (χ1n) is 9.62. The topological polar surface area (TPSA) is 111 Å². The Morgan fingerprint density at radius 2 is 1.89 bits per heavy atom. The van der Waals surface area contributed by atoms with Gasteiger partial charge in [0.1, 0.15) is 17.2 Å². The third kappa shape index (κ3) is 4.94. The molecule has 28 heavy (non-hydrogen) atoms. The van der Waals surface area contributed by atoms with E-state index in [1.165, 1.54) is 0 Å². The van der Waals surface area contributed by atoms with E-state index in [1.54, 1.807) is 7.11 Å². The van der Waals surface area contributed by atoms with Crippen LogP contribution in [-0.2, 0) is 4.74 Å². The van der Waals surface area contributed by atoms with Gasteiger partial charge >= 0.3 is 6.09 Å². The summed E-state index contributed by atoms with van der Waals surface area (Å²) in [5.41, 5.74) is 6.11. The Morgan fingerprint density at radius 3 is 2.57 bits per heavy atom. The lowest BCUT2D eigenvalue weighted by Gasteiger charge is -2.34. The first-order chi connectivity index (χ1) is 13.2. The molecule has 8 nitrogen and oxygen atoms in total. The van der Waals surface area contributed by atoms with Crippen LogP contribution in [0.25, 0.3) is 10.9 Å². The molecule has 1 fully saturated rings. The van der Waals surface area contributed by atoms with Gasteiger partial charge in [0.15, 0.2) is 0 Å². The Balaban J connectivity index is 1.83. The molecule has 8 heteroatoms. The summed E-state index contributed by atoms with van der Waals surface area (Å²) in [5.74, 6) is 1.56. The van der Waals surface area contributed by atoms with Crippen molar-refractivity contribution in [3.05, 3.63) is 18.2 Å². The van der Waals surface area contributed by atoms with Gasteiger partial charge in [-0.25, -0.2) is 9.78 Å². The number of nitrogens with zero attached hydrogens (tertiary/aromatic N) is 2. The molecule has 2 unspecified atom stereocenters. The van der Waals surface area contributed by atoms with Crippen LogP contribution in [0.15, 0.2) is 18.2 Å². The Labute approximate surface area is 165 Å². The van der Waals surface area contributed by atoms with Gasteiger partial charge in [-0.2, -0.15) is 4.98 Å². The summed E-state index contributed by atoms with van der Waals surface area (Å²) in [6.45, 7) is 5.56. The third-order valence-corrected chi connectivity index (χ3v) is 4.71. The number of ether oxygens (including phenoxy) is 2. The number of alkyl carbamates (subject to hydrolysis) is 1. The highest BCUT2D eigenvalue weighted by molar-refractivity contribution is 5.91. The average Bonchev–Trinajstić information content (AvgIpc) is 2.61. The van der Waals surface area contributed by atoms with Gasteiger partial charge in [-0.3, -0.25) is 0 Å². The third-order valence-electron chi connectivity index (χ3n) is 4.71. The predicted molar refractivity (Wildman–Crippen MR) is 110 cm³/mol. The molecule has 0 saturated heterocycles. The molecule has 1 aliphatic rings. The van der Waals surface area contributed by atoms with Crippen LogP contribution in [0.4, 0.5) is 16.6 Å². The molecular formula is C20H29N5O3. The second kappa shape index (κ2) is 8.08. The van der Waals surface area contributed by atoms with Crippen molar-refractivity contribution in [3.63, 3.8) is 0 Å². The molecule has 1 aromatic carbocycles. The number of anilines is 2. The quantitative estimate of drug-likeness (QED) is 0.736. The maximum Gasteiger partial charge on any atom is 0.407 e. The van der Waals surface area contributed by atoms with E-state index in [2.05, 4.69) is 20.6 Å². The number of carbonyl (C=O) groups excluding carboxylic acids is 1. The molecule has 0 bridgehead atoms. The smallest absolute Gasteiger partial charge is 0.407 e. The number of aromatic nitrogens is 2. The number of amides is 1. The van der Waals surface area contributed by atoms with E-state index in [9.17, 15) is 4.79 Å². The number of rotatable bonds is 4. The Morgan fingerprint density at radius 1 is 1.18 bits per heavy atom. The molecule has 1 saturated carbocycles. The Bertz CT molecular complexity index is 850. The van der Waals surface area contributed by atoms with E-state index in [-0.39, 0.29) is 18.0 Å². The monoisotopic (exact) mass is 387 g/mol. The fourth-order valence-corrected chi connectivity index (χ4v) is 3.47. The lowest BCUT2D eigenvalue weighted by molar-refractivity contribution is 0.0488. The number of fused-ring (bicyclic) bond motifs is 1. The van der Waals surface area contributed by atoms with E-state index in [0.29, 0.717) is 5.82 Å². The summed E-state index contributed by atoms with van der Waals surface area (Å²) < 4.78 is 10.7. The molecule has 1 amide bonds. The van der Waals surface area contributed by atoms with E-state index >= 15 is 0 Å². The van der Waals surface area contributed by atoms with Gasteiger partial charge in [0.25, 0.3) is 0 Å².